The molecule has 0 spiro atoms. The van der Waals surface area contributed by atoms with Gasteiger partial charge in [0.1, 0.15) is 17.1 Å². The van der Waals surface area contributed by atoms with Crippen LogP contribution in [0.5, 0.6) is 11.5 Å². The van der Waals surface area contributed by atoms with E-state index in [4.69, 9.17) is 14.2 Å². The summed E-state index contributed by atoms with van der Waals surface area (Å²) in [6.45, 7) is 9.02. The van der Waals surface area contributed by atoms with Crippen molar-refractivity contribution in [1.29, 1.82) is 0 Å². The second kappa shape index (κ2) is 9.67. The molecule has 4 rings (SSSR count). The van der Waals surface area contributed by atoms with Gasteiger partial charge in [0.05, 0.1) is 26.9 Å². The first-order valence-electron chi connectivity index (χ1n) is 12.3. The molecule has 3 aromatic rings. The molecule has 1 N–H and O–H groups in total. The van der Waals surface area contributed by atoms with E-state index < -0.39 is 5.60 Å². The maximum atomic E-state index is 10.6. The first kappa shape index (κ1) is 25.3. The Morgan fingerprint density at radius 2 is 1.23 bits per heavy atom. The predicted molar refractivity (Wildman–Crippen MR) is 140 cm³/mol. The number of aliphatic hydroxyl groups excluding tert-OH is 1. The average Bonchev–Trinajstić information content (AvgIpc) is 3.06. The number of rotatable bonds is 8. The van der Waals surface area contributed by atoms with Crippen molar-refractivity contribution in [3.8, 4) is 11.5 Å². The Bertz CT molecular complexity index is 1060. The molecule has 4 heteroatoms. The highest BCUT2D eigenvalue weighted by Crippen LogP contribution is 2.57. The molecule has 4 nitrogen and oxygen atoms in total. The second-order valence-corrected chi connectivity index (χ2v) is 10.7. The number of ether oxygens (including phenoxy) is 3. The van der Waals surface area contributed by atoms with Gasteiger partial charge in [0.25, 0.3) is 0 Å². The minimum atomic E-state index is -0.901. The fourth-order valence-corrected chi connectivity index (χ4v) is 5.87. The van der Waals surface area contributed by atoms with Gasteiger partial charge in [-0.1, -0.05) is 82.3 Å². The van der Waals surface area contributed by atoms with Crippen LogP contribution in [0, 0.1) is 16.7 Å². The normalized spacial score (nSPS) is 23.7. The van der Waals surface area contributed by atoms with Crippen molar-refractivity contribution in [2.24, 2.45) is 16.7 Å². The summed E-state index contributed by atoms with van der Waals surface area (Å²) in [4.78, 5) is 0. The third-order valence-electron chi connectivity index (χ3n) is 8.18. The van der Waals surface area contributed by atoms with Crippen molar-refractivity contribution in [2.75, 3.05) is 20.8 Å². The van der Waals surface area contributed by atoms with Gasteiger partial charge in [-0.05, 0) is 58.7 Å². The highest BCUT2D eigenvalue weighted by molar-refractivity contribution is 5.50. The zero-order valence-corrected chi connectivity index (χ0v) is 21.7. The fraction of sp³-hybridized carbons (Fsp3) is 0.419. The van der Waals surface area contributed by atoms with Gasteiger partial charge in [-0.25, -0.2) is 0 Å². The Morgan fingerprint density at radius 3 is 1.66 bits per heavy atom. The van der Waals surface area contributed by atoms with Crippen LogP contribution in [0.25, 0.3) is 0 Å². The molecule has 0 aliphatic heterocycles. The van der Waals surface area contributed by atoms with E-state index in [0.29, 0.717) is 5.92 Å². The highest BCUT2D eigenvalue weighted by Gasteiger charge is 2.57. The van der Waals surface area contributed by atoms with Gasteiger partial charge >= 0.3 is 0 Å². The van der Waals surface area contributed by atoms with Gasteiger partial charge in [0, 0.05) is 5.41 Å². The molecule has 0 radical (unpaired) electrons. The number of hydrogen-bond acceptors (Lipinski definition) is 4. The van der Waals surface area contributed by atoms with Crippen molar-refractivity contribution in [2.45, 2.75) is 45.8 Å². The molecule has 1 saturated carbocycles. The molecule has 1 aliphatic carbocycles. The van der Waals surface area contributed by atoms with Gasteiger partial charge in [0.15, 0.2) is 0 Å². The fourth-order valence-electron chi connectivity index (χ4n) is 5.87. The Hall–Kier alpha value is -2.82. The van der Waals surface area contributed by atoms with Crippen LogP contribution in [0.4, 0.5) is 0 Å². The predicted octanol–water partition coefficient (Wildman–Crippen LogP) is 6.45. The summed E-state index contributed by atoms with van der Waals surface area (Å²) < 4.78 is 18.4. The summed E-state index contributed by atoms with van der Waals surface area (Å²) in [7, 11) is 3.35. The van der Waals surface area contributed by atoms with Crippen LogP contribution in [0.2, 0.25) is 0 Å². The van der Waals surface area contributed by atoms with Gasteiger partial charge in [-0.2, -0.15) is 0 Å². The number of hydrogen-bond donors (Lipinski definition) is 1. The van der Waals surface area contributed by atoms with E-state index in [1.165, 1.54) is 0 Å². The Balaban J connectivity index is 2.00. The lowest BCUT2D eigenvalue weighted by atomic mass is 9.75. The largest absolute Gasteiger partial charge is 0.497 e. The molecular weight excluding hydrogens is 436 g/mol. The van der Waals surface area contributed by atoms with Crippen LogP contribution in [-0.2, 0) is 10.3 Å². The Labute approximate surface area is 209 Å². The van der Waals surface area contributed by atoms with Crippen LogP contribution < -0.4 is 9.47 Å². The molecule has 0 bridgehead atoms. The minimum Gasteiger partial charge on any atom is -0.497 e. The van der Waals surface area contributed by atoms with Crippen LogP contribution in [-0.4, -0.2) is 32.0 Å². The molecule has 186 valence electrons. The molecule has 0 amide bonds. The topological polar surface area (TPSA) is 47.9 Å². The summed E-state index contributed by atoms with van der Waals surface area (Å²) in [5.41, 5.74) is 1.63. The third kappa shape index (κ3) is 4.34. The number of aliphatic hydroxyl groups is 1. The zero-order chi connectivity index (χ0) is 25.3. The lowest BCUT2D eigenvalue weighted by Crippen LogP contribution is -2.48. The van der Waals surface area contributed by atoms with Gasteiger partial charge in [0.2, 0.25) is 0 Å². The van der Waals surface area contributed by atoms with Crippen LogP contribution in [0.3, 0.4) is 0 Å². The first-order valence-corrected chi connectivity index (χ1v) is 12.3. The molecule has 0 aromatic heterocycles. The summed E-state index contributed by atoms with van der Waals surface area (Å²) in [5.74, 6) is 1.98. The Morgan fingerprint density at radius 1 is 0.771 bits per heavy atom. The zero-order valence-electron chi connectivity index (χ0n) is 21.7. The van der Waals surface area contributed by atoms with E-state index >= 15 is 0 Å². The van der Waals surface area contributed by atoms with E-state index in [0.717, 1.165) is 34.6 Å². The van der Waals surface area contributed by atoms with Gasteiger partial charge < -0.3 is 19.3 Å². The quantitative estimate of drug-likeness (QED) is 0.381. The first-order chi connectivity index (χ1) is 16.7. The van der Waals surface area contributed by atoms with E-state index in [9.17, 15) is 5.11 Å². The van der Waals surface area contributed by atoms with Crippen molar-refractivity contribution in [3.63, 3.8) is 0 Å². The Kier molecular flexibility index (Phi) is 6.99. The number of methoxy groups -OCH3 is 2. The molecule has 1 unspecified atom stereocenters. The maximum Gasteiger partial charge on any atom is 0.144 e. The lowest BCUT2D eigenvalue weighted by Gasteiger charge is -2.46. The molecule has 35 heavy (non-hydrogen) atoms. The summed E-state index contributed by atoms with van der Waals surface area (Å²) >= 11 is 0. The van der Waals surface area contributed by atoms with Crippen molar-refractivity contribution < 1.29 is 19.3 Å². The second-order valence-electron chi connectivity index (χ2n) is 10.7. The average molecular weight is 475 g/mol. The van der Waals surface area contributed by atoms with Crippen molar-refractivity contribution in [3.05, 3.63) is 95.6 Å². The maximum absolute atomic E-state index is 10.6. The van der Waals surface area contributed by atoms with Crippen molar-refractivity contribution >= 4 is 0 Å². The molecular formula is C31H38O4. The molecule has 3 atom stereocenters. The molecule has 3 aromatic carbocycles. The molecule has 1 fully saturated rings. The monoisotopic (exact) mass is 474 g/mol. The summed E-state index contributed by atoms with van der Waals surface area (Å²) in [6.07, 6.45) is 0.705. The van der Waals surface area contributed by atoms with E-state index in [-0.39, 0.29) is 23.5 Å². The SMILES string of the molecule is COc1ccc(C(OC2C(C)(C)[C@H](C)C[C@]2(C)CO)(c2ccccc2)c2ccc(OC)cc2)cc1. The lowest BCUT2D eigenvalue weighted by molar-refractivity contribution is -0.142. The van der Waals surface area contributed by atoms with E-state index in [1.54, 1.807) is 14.2 Å². The van der Waals surface area contributed by atoms with Crippen LogP contribution >= 0.6 is 0 Å². The standard InChI is InChI=1S/C31H38O4/c1-22-20-30(4,21-32)28(29(22,2)3)35-31(23-10-8-7-9-11-23,24-12-16-26(33-5)17-13-24)25-14-18-27(34-6)19-15-25/h7-19,22,28,32H,20-21H2,1-6H3/t22-,28?,30-/m1/s1. The van der Waals surface area contributed by atoms with Crippen LogP contribution in [0.1, 0.15) is 50.8 Å². The number of benzene rings is 3. The third-order valence-corrected chi connectivity index (χ3v) is 8.18. The molecule has 1 aliphatic rings. The smallest absolute Gasteiger partial charge is 0.144 e. The highest BCUT2D eigenvalue weighted by atomic mass is 16.5. The van der Waals surface area contributed by atoms with Gasteiger partial charge in [-0.3, -0.25) is 0 Å². The van der Waals surface area contributed by atoms with E-state index in [1.807, 2.05) is 42.5 Å². The van der Waals surface area contributed by atoms with Gasteiger partial charge in [-0.15, -0.1) is 0 Å². The van der Waals surface area contributed by atoms with Crippen LogP contribution in [0.15, 0.2) is 78.9 Å². The molecule has 0 saturated heterocycles. The minimum absolute atomic E-state index is 0.0710. The molecule has 0 heterocycles. The van der Waals surface area contributed by atoms with E-state index in [2.05, 4.69) is 64.1 Å². The van der Waals surface area contributed by atoms with Crippen molar-refractivity contribution in [1.82, 2.24) is 0 Å². The summed E-state index contributed by atoms with van der Waals surface area (Å²) in [6, 6.07) is 26.6. The summed E-state index contributed by atoms with van der Waals surface area (Å²) in [5, 5.41) is 10.6.